The fourth-order valence-electron chi connectivity index (χ4n) is 2.33. The van der Waals surface area contributed by atoms with Gasteiger partial charge in [-0.2, -0.15) is 0 Å². The smallest absolute Gasteiger partial charge is 0.315 e. The summed E-state index contributed by atoms with van der Waals surface area (Å²) in [5, 5.41) is 15.5. The summed E-state index contributed by atoms with van der Waals surface area (Å²) in [4.78, 5) is 11.6. The van der Waals surface area contributed by atoms with Crippen LogP contribution in [0.1, 0.15) is 37.4 Å². The zero-order valence-corrected chi connectivity index (χ0v) is 10.9. The van der Waals surface area contributed by atoms with Gasteiger partial charge < -0.3 is 21.5 Å². The van der Waals surface area contributed by atoms with Crippen molar-refractivity contribution in [2.75, 3.05) is 12.3 Å². The molecule has 5 N–H and O–H groups in total. The largest absolute Gasteiger partial charge is 0.399 e. The fraction of sp³-hybridized carbons (Fsp3) is 0.500. The van der Waals surface area contributed by atoms with Crippen LogP contribution in [0.25, 0.3) is 0 Å². The molecule has 0 heterocycles. The number of nitrogen functional groups attached to an aromatic ring is 1. The number of benzene rings is 1. The molecule has 19 heavy (non-hydrogen) atoms. The number of anilines is 1. The molecule has 104 valence electrons. The van der Waals surface area contributed by atoms with Gasteiger partial charge in [0.05, 0.1) is 6.10 Å². The van der Waals surface area contributed by atoms with Crippen LogP contribution in [0.4, 0.5) is 10.5 Å². The molecule has 2 amide bonds. The third kappa shape index (κ3) is 4.13. The summed E-state index contributed by atoms with van der Waals surface area (Å²) >= 11 is 0. The second-order valence-corrected chi connectivity index (χ2v) is 5.02. The van der Waals surface area contributed by atoms with Crippen molar-refractivity contribution in [1.82, 2.24) is 10.6 Å². The van der Waals surface area contributed by atoms with Gasteiger partial charge in [0.15, 0.2) is 0 Å². The summed E-state index contributed by atoms with van der Waals surface area (Å²) in [6, 6.07) is 7.07. The fourth-order valence-corrected chi connectivity index (χ4v) is 2.33. The molecular weight excluding hydrogens is 242 g/mol. The molecule has 5 nitrogen and oxygen atoms in total. The molecule has 1 aliphatic carbocycles. The summed E-state index contributed by atoms with van der Waals surface area (Å²) in [5.74, 6) is 0. The van der Waals surface area contributed by atoms with Crippen molar-refractivity contribution in [2.24, 2.45) is 0 Å². The molecule has 1 aromatic rings. The first kappa shape index (κ1) is 13.7. The Bertz CT molecular complexity index is 413. The van der Waals surface area contributed by atoms with Crippen molar-refractivity contribution >= 4 is 11.7 Å². The molecule has 0 radical (unpaired) electrons. The number of carbonyl (C=O) groups is 1. The third-order valence-electron chi connectivity index (χ3n) is 3.47. The standard InChI is InChI=1S/C14H21N3O2/c15-11-7-5-10(6-8-11)13(18)9-16-14(19)17-12-3-1-2-4-12/h5-8,12-13,18H,1-4,9,15H2,(H2,16,17,19). The first-order chi connectivity index (χ1) is 9.15. The molecule has 2 rings (SSSR count). The third-order valence-corrected chi connectivity index (χ3v) is 3.47. The molecule has 0 aliphatic heterocycles. The number of hydrogen-bond donors (Lipinski definition) is 4. The van der Waals surface area contributed by atoms with E-state index < -0.39 is 6.10 Å². The molecule has 1 atom stereocenters. The number of aliphatic hydroxyl groups excluding tert-OH is 1. The van der Waals surface area contributed by atoms with Crippen LogP contribution in [0.2, 0.25) is 0 Å². The Labute approximate surface area is 113 Å². The van der Waals surface area contributed by atoms with Gasteiger partial charge in [-0.1, -0.05) is 25.0 Å². The van der Waals surface area contributed by atoms with Gasteiger partial charge in [-0.25, -0.2) is 4.79 Å². The first-order valence-corrected chi connectivity index (χ1v) is 6.73. The van der Waals surface area contributed by atoms with Gasteiger partial charge in [-0.05, 0) is 30.5 Å². The maximum atomic E-state index is 11.6. The van der Waals surface area contributed by atoms with Crippen LogP contribution in [0.3, 0.4) is 0 Å². The lowest BCUT2D eigenvalue weighted by atomic mass is 10.1. The van der Waals surface area contributed by atoms with Crippen molar-refractivity contribution < 1.29 is 9.90 Å². The number of hydrogen-bond acceptors (Lipinski definition) is 3. The van der Waals surface area contributed by atoms with E-state index in [1.165, 1.54) is 12.8 Å². The van der Waals surface area contributed by atoms with E-state index in [0.717, 1.165) is 18.4 Å². The zero-order valence-electron chi connectivity index (χ0n) is 10.9. The lowest BCUT2D eigenvalue weighted by molar-refractivity contribution is 0.172. The van der Waals surface area contributed by atoms with Crippen LogP contribution in [0.5, 0.6) is 0 Å². The quantitative estimate of drug-likeness (QED) is 0.621. The summed E-state index contributed by atoms with van der Waals surface area (Å²) in [6.45, 7) is 0.197. The monoisotopic (exact) mass is 263 g/mol. The lowest BCUT2D eigenvalue weighted by Crippen LogP contribution is -2.42. The molecule has 0 aromatic heterocycles. The Morgan fingerprint density at radius 3 is 2.58 bits per heavy atom. The van der Waals surface area contributed by atoms with E-state index >= 15 is 0 Å². The van der Waals surface area contributed by atoms with E-state index in [-0.39, 0.29) is 18.6 Å². The minimum absolute atomic E-state index is 0.197. The Kier molecular flexibility index (Phi) is 4.63. The zero-order chi connectivity index (χ0) is 13.7. The topological polar surface area (TPSA) is 87.4 Å². The molecule has 1 saturated carbocycles. The highest BCUT2D eigenvalue weighted by Gasteiger charge is 2.17. The van der Waals surface area contributed by atoms with Crippen molar-refractivity contribution in [3.8, 4) is 0 Å². The number of nitrogens with one attached hydrogen (secondary N) is 2. The van der Waals surface area contributed by atoms with Gasteiger partial charge in [0, 0.05) is 18.3 Å². The summed E-state index contributed by atoms with van der Waals surface area (Å²) in [6.07, 6.45) is 3.75. The molecule has 1 aliphatic rings. The number of aliphatic hydroxyl groups is 1. The van der Waals surface area contributed by atoms with Gasteiger partial charge >= 0.3 is 6.03 Å². The maximum Gasteiger partial charge on any atom is 0.315 e. The maximum absolute atomic E-state index is 11.6. The van der Waals surface area contributed by atoms with Crippen LogP contribution in [-0.2, 0) is 0 Å². The molecular formula is C14H21N3O2. The van der Waals surface area contributed by atoms with Crippen molar-refractivity contribution in [2.45, 2.75) is 37.8 Å². The van der Waals surface area contributed by atoms with Crippen LogP contribution < -0.4 is 16.4 Å². The highest BCUT2D eigenvalue weighted by atomic mass is 16.3. The number of nitrogens with two attached hydrogens (primary N) is 1. The molecule has 1 fully saturated rings. The van der Waals surface area contributed by atoms with Gasteiger partial charge in [0.25, 0.3) is 0 Å². The number of urea groups is 1. The van der Waals surface area contributed by atoms with E-state index in [4.69, 9.17) is 5.73 Å². The number of rotatable bonds is 4. The number of carbonyl (C=O) groups excluding carboxylic acids is 1. The van der Waals surface area contributed by atoms with Crippen LogP contribution in [-0.4, -0.2) is 23.7 Å². The first-order valence-electron chi connectivity index (χ1n) is 6.73. The lowest BCUT2D eigenvalue weighted by Gasteiger charge is -2.15. The average Bonchev–Trinajstić information content (AvgIpc) is 2.89. The molecule has 1 aromatic carbocycles. The normalized spacial score (nSPS) is 17.1. The predicted octanol–water partition coefficient (Wildman–Crippen LogP) is 1.54. The van der Waals surface area contributed by atoms with Crippen LogP contribution >= 0.6 is 0 Å². The Hall–Kier alpha value is -1.75. The average molecular weight is 263 g/mol. The van der Waals surface area contributed by atoms with E-state index in [1.54, 1.807) is 24.3 Å². The second kappa shape index (κ2) is 6.43. The summed E-state index contributed by atoms with van der Waals surface area (Å²) in [7, 11) is 0. The Morgan fingerprint density at radius 2 is 1.95 bits per heavy atom. The molecule has 0 saturated heterocycles. The molecule has 0 bridgehead atoms. The number of amides is 2. The van der Waals surface area contributed by atoms with Crippen LogP contribution in [0, 0.1) is 0 Å². The Morgan fingerprint density at radius 1 is 1.32 bits per heavy atom. The van der Waals surface area contributed by atoms with Crippen molar-refractivity contribution in [3.05, 3.63) is 29.8 Å². The minimum Gasteiger partial charge on any atom is -0.399 e. The van der Waals surface area contributed by atoms with Crippen molar-refractivity contribution in [3.63, 3.8) is 0 Å². The highest BCUT2D eigenvalue weighted by Crippen LogP contribution is 2.17. The van der Waals surface area contributed by atoms with Gasteiger partial charge in [0.1, 0.15) is 0 Å². The highest BCUT2D eigenvalue weighted by molar-refractivity contribution is 5.74. The van der Waals surface area contributed by atoms with Crippen LogP contribution in [0.15, 0.2) is 24.3 Å². The second-order valence-electron chi connectivity index (χ2n) is 5.02. The van der Waals surface area contributed by atoms with Gasteiger partial charge in [-0.15, -0.1) is 0 Å². The van der Waals surface area contributed by atoms with E-state index in [1.807, 2.05) is 0 Å². The SMILES string of the molecule is Nc1ccc(C(O)CNC(=O)NC2CCCC2)cc1. The van der Waals surface area contributed by atoms with E-state index in [2.05, 4.69) is 10.6 Å². The summed E-state index contributed by atoms with van der Waals surface area (Å²) in [5.41, 5.74) is 6.98. The molecule has 0 spiro atoms. The minimum atomic E-state index is -0.713. The molecule has 1 unspecified atom stereocenters. The van der Waals surface area contributed by atoms with Crippen molar-refractivity contribution in [1.29, 1.82) is 0 Å². The summed E-state index contributed by atoms with van der Waals surface area (Å²) < 4.78 is 0. The van der Waals surface area contributed by atoms with E-state index in [0.29, 0.717) is 5.69 Å². The van der Waals surface area contributed by atoms with E-state index in [9.17, 15) is 9.90 Å². The molecule has 5 heteroatoms. The van der Waals surface area contributed by atoms with Gasteiger partial charge in [-0.3, -0.25) is 0 Å². The predicted molar refractivity (Wildman–Crippen MR) is 74.6 cm³/mol. The van der Waals surface area contributed by atoms with Gasteiger partial charge in [0.2, 0.25) is 0 Å². The Balaban J connectivity index is 1.74.